The zero-order chi connectivity index (χ0) is 16.1. The molecule has 1 heterocycles. The van der Waals surface area contributed by atoms with Crippen molar-refractivity contribution in [1.82, 2.24) is 20.3 Å². The maximum absolute atomic E-state index is 12.3. The van der Waals surface area contributed by atoms with E-state index in [1.165, 1.54) is 0 Å². The van der Waals surface area contributed by atoms with Crippen molar-refractivity contribution in [2.75, 3.05) is 13.1 Å². The van der Waals surface area contributed by atoms with Gasteiger partial charge in [-0.25, -0.2) is 4.68 Å². The van der Waals surface area contributed by atoms with E-state index in [2.05, 4.69) is 15.6 Å². The van der Waals surface area contributed by atoms with Gasteiger partial charge in [0.25, 0.3) is 5.91 Å². The predicted octanol–water partition coefficient (Wildman–Crippen LogP) is 2.23. The van der Waals surface area contributed by atoms with Gasteiger partial charge in [0.2, 0.25) is 0 Å². The van der Waals surface area contributed by atoms with Gasteiger partial charge in [-0.1, -0.05) is 36.7 Å². The van der Waals surface area contributed by atoms with Crippen LogP contribution in [-0.4, -0.2) is 34.0 Å². The maximum atomic E-state index is 12.3. The van der Waals surface area contributed by atoms with Crippen molar-refractivity contribution in [1.29, 1.82) is 0 Å². The third-order valence-electron chi connectivity index (χ3n) is 3.38. The number of hydrogen-bond donors (Lipinski definition) is 2. The molecule has 0 aliphatic carbocycles. The zero-order valence-corrected chi connectivity index (χ0v) is 14.7. The van der Waals surface area contributed by atoms with Gasteiger partial charge in [0.15, 0.2) is 5.69 Å². The maximum Gasteiger partial charge on any atom is 0.273 e. The largest absolute Gasteiger partial charge is 0.350 e. The molecule has 0 spiro atoms. The molecule has 0 aliphatic heterocycles. The Morgan fingerprint density at radius 3 is 2.83 bits per heavy atom. The average molecular weight is 358 g/mol. The minimum absolute atomic E-state index is 0. The number of nitrogens with zero attached hydrogens (tertiary/aromatic N) is 3. The summed E-state index contributed by atoms with van der Waals surface area (Å²) in [5, 5.41) is 11.6. The first-order valence-electron chi connectivity index (χ1n) is 7.25. The number of benzene rings is 1. The highest BCUT2D eigenvalue weighted by atomic mass is 35.5. The molecule has 2 aromatic rings. The zero-order valence-electron chi connectivity index (χ0n) is 13.1. The Bertz CT molecular complexity index is 659. The molecule has 1 amide bonds. The molecule has 126 valence electrons. The summed E-state index contributed by atoms with van der Waals surface area (Å²) in [6.07, 6.45) is 0.634. The normalized spacial score (nSPS) is 11.7. The van der Waals surface area contributed by atoms with E-state index in [0.717, 1.165) is 11.4 Å². The van der Waals surface area contributed by atoms with Crippen LogP contribution in [0, 0.1) is 5.92 Å². The van der Waals surface area contributed by atoms with Gasteiger partial charge in [0.1, 0.15) is 0 Å². The fourth-order valence-electron chi connectivity index (χ4n) is 2.04. The topological polar surface area (TPSA) is 85.8 Å². The lowest BCUT2D eigenvalue weighted by atomic mass is 10.2. The van der Waals surface area contributed by atoms with Crippen LogP contribution in [0.5, 0.6) is 0 Å². The molecule has 23 heavy (non-hydrogen) atoms. The van der Waals surface area contributed by atoms with Gasteiger partial charge in [-0.15, -0.1) is 17.5 Å². The first-order chi connectivity index (χ1) is 10.6. The molecule has 0 bridgehead atoms. The highest BCUT2D eigenvalue weighted by molar-refractivity contribution is 6.30. The highest BCUT2D eigenvalue weighted by Crippen LogP contribution is 2.17. The van der Waals surface area contributed by atoms with Gasteiger partial charge in [0.05, 0.1) is 11.4 Å². The van der Waals surface area contributed by atoms with Crippen molar-refractivity contribution in [2.24, 2.45) is 11.7 Å². The van der Waals surface area contributed by atoms with Crippen LogP contribution in [0.3, 0.4) is 0 Å². The monoisotopic (exact) mass is 357 g/mol. The van der Waals surface area contributed by atoms with Gasteiger partial charge >= 0.3 is 0 Å². The van der Waals surface area contributed by atoms with E-state index in [0.29, 0.717) is 30.2 Å². The molecule has 1 atom stereocenters. The molecule has 0 saturated carbocycles. The van der Waals surface area contributed by atoms with Crippen LogP contribution in [0.25, 0.3) is 5.69 Å². The average Bonchev–Trinajstić information content (AvgIpc) is 2.96. The van der Waals surface area contributed by atoms with Crippen molar-refractivity contribution in [3.8, 4) is 5.69 Å². The Hall–Kier alpha value is -1.63. The molecular formula is C15H21Cl2N5O. The predicted molar refractivity (Wildman–Crippen MR) is 93.5 cm³/mol. The van der Waals surface area contributed by atoms with E-state index in [-0.39, 0.29) is 24.2 Å². The Morgan fingerprint density at radius 2 is 2.22 bits per heavy atom. The summed E-state index contributed by atoms with van der Waals surface area (Å²) in [5.74, 6) is -0.0116. The number of carbonyl (C=O) groups is 1. The minimum atomic E-state index is -0.231. The highest BCUT2D eigenvalue weighted by Gasteiger charge is 2.19. The van der Waals surface area contributed by atoms with Crippen molar-refractivity contribution < 1.29 is 4.79 Å². The van der Waals surface area contributed by atoms with Gasteiger partial charge in [-0.05, 0) is 37.1 Å². The van der Waals surface area contributed by atoms with Gasteiger partial charge in [-0.3, -0.25) is 4.79 Å². The number of hydrogen-bond acceptors (Lipinski definition) is 4. The molecule has 3 N–H and O–H groups in total. The van der Waals surface area contributed by atoms with Crippen molar-refractivity contribution in [3.05, 3.63) is 40.7 Å². The molecule has 0 fully saturated rings. The summed E-state index contributed by atoms with van der Waals surface area (Å²) in [4.78, 5) is 12.3. The van der Waals surface area contributed by atoms with Crippen molar-refractivity contribution in [3.63, 3.8) is 0 Å². The van der Waals surface area contributed by atoms with Gasteiger partial charge in [0, 0.05) is 11.6 Å². The third-order valence-corrected chi connectivity index (χ3v) is 3.61. The molecule has 1 aromatic heterocycles. The van der Waals surface area contributed by atoms with Gasteiger partial charge in [-0.2, -0.15) is 0 Å². The number of carbonyl (C=O) groups excluding carboxylic acids is 1. The summed E-state index contributed by atoms with van der Waals surface area (Å²) < 4.78 is 1.65. The second-order valence-electron chi connectivity index (χ2n) is 5.18. The minimum Gasteiger partial charge on any atom is -0.350 e. The fourth-order valence-corrected chi connectivity index (χ4v) is 2.23. The number of nitrogens with one attached hydrogen (secondary N) is 1. The van der Waals surface area contributed by atoms with E-state index in [4.69, 9.17) is 17.3 Å². The summed E-state index contributed by atoms with van der Waals surface area (Å²) in [6, 6.07) is 7.28. The molecule has 1 aromatic carbocycles. The van der Waals surface area contributed by atoms with E-state index in [1.807, 2.05) is 26.0 Å². The van der Waals surface area contributed by atoms with Crippen molar-refractivity contribution >= 4 is 29.9 Å². The lowest BCUT2D eigenvalue weighted by Gasteiger charge is -2.10. The molecule has 0 radical (unpaired) electrons. The second kappa shape index (κ2) is 8.86. The van der Waals surface area contributed by atoms with E-state index >= 15 is 0 Å². The van der Waals surface area contributed by atoms with Crippen LogP contribution in [0.1, 0.15) is 30.0 Å². The quantitative estimate of drug-likeness (QED) is 0.829. The van der Waals surface area contributed by atoms with Crippen LogP contribution in [0.15, 0.2) is 24.3 Å². The summed E-state index contributed by atoms with van der Waals surface area (Å²) in [6.45, 7) is 4.97. The van der Waals surface area contributed by atoms with E-state index in [9.17, 15) is 4.79 Å². The van der Waals surface area contributed by atoms with Gasteiger partial charge < -0.3 is 11.1 Å². The van der Waals surface area contributed by atoms with Crippen LogP contribution >= 0.6 is 24.0 Å². The summed E-state index contributed by atoms with van der Waals surface area (Å²) >= 11 is 6.01. The van der Waals surface area contributed by atoms with Crippen LogP contribution in [0.4, 0.5) is 0 Å². The number of nitrogens with two attached hydrogens (primary N) is 1. The lowest BCUT2D eigenvalue weighted by Crippen LogP contribution is -2.32. The number of amides is 1. The van der Waals surface area contributed by atoms with E-state index in [1.54, 1.807) is 16.8 Å². The molecule has 0 aliphatic rings. The Kier molecular flexibility index (Phi) is 7.48. The van der Waals surface area contributed by atoms with Crippen LogP contribution in [0.2, 0.25) is 5.02 Å². The summed E-state index contributed by atoms with van der Waals surface area (Å²) in [5.41, 5.74) is 7.42. The molecular weight excluding hydrogens is 337 g/mol. The Balaban J connectivity index is 0.00000264. The smallest absolute Gasteiger partial charge is 0.273 e. The molecule has 2 rings (SSSR count). The number of halogens is 2. The number of aromatic nitrogens is 3. The third kappa shape index (κ3) is 4.67. The second-order valence-corrected chi connectivity index (χ2v) is 5.62. The van der Waals surface area contributed by atoms with Crippen molar-refractivity contribution in [2.45, 2.75) is 20.3 Å². The summed E-state index contributed by atoms with van der Waals surface area (Å²) in [7, 11) is 0. The molecule has 6 nitrogen and oxygen atoms in total. The molecule has 8 heteroatoms. The van der Waals surface area contributed by atoms with Crippen LogP contribution in [-0.2, 0) is 6.42 Å². The first kappa shape index (κ1) is 19.4. The molecule has 0 saturated heterocycles. The standard InChI is InChI=1S/C15H20ClN5O.ClH/c1-3-13-14(15(22)18-9-10(2)8-17)19-20-21(13)12-6-4-5-11(16)7-12;/h4-7,10H,3,8-9,17H2,1-2H3,(H,18,22);1H. The number of rotatable bonds is 6. The molecule has 1 unspecified atom stereocenters. The Morgan fingerprint density at radius 1 is 1.48 bits per heavy atom. The van der Waals surface area contributed by atoms with E-state index < -0.39 is 0 Å². The fraction of sp³-hybridized carbons (Fsp3) is 0.400. The first-order valence-corrected chi connectivity index (χ1v) is 7.63. The van der Waals surface area contributed by atoms with Crippen LogP contribution < -0.4 is 11.1 Å². The Labute approximate surface area is 146 Å². The lowest BCUT2D eigenvalue weighted by molar-refractivity contribution is 0.0942. The SMILES string of the molecule is CCc1c(C(=O)NCC(C)CN)nnn1-c1cccc(Cl)c1.Cl.